The lowest BCUT2D eigenvalue weighted by Crippen LogP contribution is -2.72. The predicted molar refractivity (Wildman–Crippen MR) is 204 cm³/mol. The molecule has 0 saturated heterocycles. The zero-order valence-electron chi connectivity index (χ0n) is 26.7. The largest absolute Gasteiger partial charge is 0.208 e. The van der Waals surface area contributed by atoms with Gasteiger partial charge in [-0.1, -0.05) is 188 Å². The smallest absolute Gasteiger partial charge is 0.180 e. The van der Waals surface area contributed by atoms with Crippen LogP contribution >= 0.6 is 0 Å². The Morgan fingerprint density at radius 1 is 0.286 bits per heavy atom. The lowest BCUT2D eigenvalue weighted by molar-refractivity contribution is 1.07. The maximum atomic E-state index is 5.25. The summed E-state index contributed by atoms with van der Waals surface area (Å²) in [7, 11) is -2.67. The van der Waals surface area contributed by atoms with Crippen LogP contribution in [-0.2, 0) is 0 Å². The molecule has 230 valence electrons. The molecule has 0 unspecified atom stereocenters. The van der Waals surface area contributed by atoms with Gasteiger partial charge in [0.15, 0.2) is 25.5 Å². The van der Waals surface area contributed by atoms with E-state index in [4.69, 9.17) is 15.0 Å². The van der Waals surface area contributed by atoms with Crippen LogP contribution < -0.4 is 20.7 Å². The van der Waals surface area contributed by atoms with E-state index in [0.717, 1.165) is 27.8 Å². The first-order valence-electron chi connectivity index (χ1n) is 16.6. The minimum Gasteiger partial charge on any atom is -0.208 e. The van der Waals surface area contributed by atoms with Crippen molar-refractivity contribution in [1.29, 1.82) is 0 Å². The van der Waals surface area contributed by atoms with Gasteiger partial charge in [-0.05, 0) is 43.0 Å². The standard InChI is InChI=1S/C45H31N3Si/c1-5-17-32(18-6-1)37-25-13-14-27-40(37)45-47-43(33-19-7-2-8-20-33)46-44(48-45)34-29-30-39-38-26-15-16-28-41(38)49(42(39)31-34,35-21-9-3-10-22-35)36-23-11-4-12-24-36/h1-31H. The molecule has 4 heteroatoms. The molecule has 0 amide bonds. The Balaban J connectivity index is 1.30. The third-order valence-electron chi connectivity index (χ3n) is 9.64. The van der Waals surface area contributed by atoms with Crippen LogP contribution in [0, 0.1) is 0 Å². The van der Waals surface area contributed by atoms with Crippen LogP contribution in [0.2, 0.25) is 0 Å². The van der Waals surface area contributed by atoms with Crippen molar-refractivity contribution >= 4 is 28.8 Å². The van der Waals surface area contributed by atoms with E-state index in [-0.39, 0.29) is 0 Å². The van der Waals surface area contributed by atoms with Gasteiger partial charge >= 0.3 is 0 Å². The fraction of sp³-hybridized carbons (Fsp3) is 0. The van der Waals surface area contributed by atoms with Gasteiger partial charge in [-0.3, -0.25) is 0 Å². The third-order valence-corrected chi connectivity index (χ3v) is 14.5. The molecule has 0 atom stereocenters. The minimum atomic E-state index is -2.67. The molecule has 1 aliphatic heterocycles. The highest BCUT2D eigenvalue weighted by atomic mass is 28.3. The number of nitrogens with zero attached hydrogens (tertiary/aromatic N) is 3. The molecule has 0 saturated carbocycles. The Bertz CT molecular complexity index is 2390. The van der Waals surface area contributed by atoms with Crippen molar-refractivity contribution in [3.8, 4) is 56.4 Å². The van der Waals surface area contributed by atoms with Gasteiger partial charge in [-0.2, -0.15) is 0 Å². The van der Waals surface area contributed by atoms with Gasteiger partial charge in [0.1, 0.15) is 0 Å². The molecule has 0 fully saturated rings. The Hall–Kier alpha value is -6.23. The van der Waals surface area contributed by atoms with Crippen molar-refractivity contribution in [2.75, 3.05) is 0 Å². The Kier molecular flexibility index (Phi) is 7.14. The number of hydrogen-bond donors (Lipinski definition) is 0. The average Bonchev–Trinajstić information content (AvgIpc) is 3.49. The first-order chi connectivity index (χ1) is 24.3. The van der Waals surface area contributed by atoms with Crippen molar-refractivity contribution in [1.82, 2.24) is 15.0 Å². The van der Waals surface area contributed by atoms with E-state index in [1.54, 1.807) is 0 Å². The molecule has 0 radical (unpaired) electrons. The van der Waals surface area contributed by atoms with E-state index in [1.165, 1.54) is 31.9 Å². The van der Waals surface area contributed by atoms with Gasteiger partial charge in [0.05, 0.1) is 0 Å². The quantitative estimate of drug-likeness (QED) is 0.173. The van der Waals surface area contributed by atoms with Gasteiger partial charge in [0.2, 0.25) is 0 Å². The molecule has 1 aliphatic rings. The third kappa shape index (κ3) is 4.84. The summed E-state index contributed by atoms with van der Waals surface area (Å²) in [6.45, 7) is 0. The fourth-order valence-corrected chi connectivity index (χ4v) is 12.7. The van der Waals surface area contributed by atoms with E-state index in [1.807, 2.05) is 24.3 Å². The van der Waals surface area contributed by atoms with Crippen molar-refractivity contribution in [2.45, 2.75) is 0 Å². The van der Waals surface area contributed by atoms with Gasteiger partial charge in [0, 0.05) is 16.7 Å². The van der Waals surface area contributed by atoms with Gasteiger partial charge in [0.25, 0.3) is 0 Å². The normalized spacial score (nSPS) is 12.7. The summed E-state index contributed by atoms with van der Waals surface area (Å²) in [5, 5.41) is 5.50. The lowest BCUT2D eigenvalue weighted by Gasteiger charge is -2.31. The SMILES string of the molecule is c1ccc(-c2nc(-c3ccc4c(c3)[Si](c3ccccc3)(c3ccccc3)c3ccccc3-4)nc(-c3ccccc3-c3ccccc3)n2)cc1. The average molecular weight is 642 g/mol. The highest BCUT2D eigenvalue weighted by molar-refractivity contribution is 7.22. The molecule has 8 aromatic rings. The summed E-state index contributed by atoms with van der Waals surface area (Å²) in [5.74, 6) is 1.97. The van der Waals surface area contributed by atoms with Crippen molar-refractivity contribution in [2.24, 2.45) is 0 Å². The van der Waals surface area contributed by atoms with Crippen LogP contribution in [0.4, 0.5) is 0 Å². The molecule has 0 spiro atoms. The second-order valence-corrected chi connectivity index (χ2v) is 16.1. The van der Waals surface area contributed by atoms with Crippen LogP contribution in [-0.4, -0.2) is 23.0 Å². The minimum absolute atomic E-state index is 0.654. The first-order valence-corrected chi connectivity index (χ1v) is 18.6. The Morgan fingerprint density at radius 2 is 0.735 bits per heavy atom. The molecule has 0 aliphatic carbocycles. The van der Waals surface area contributed by atoms with Gasteiger partial charge < -0.3 is 0 Å². The predicted octanol–water partition coefficient (Wildman–Crippen LogP) is 7.90. The molecule has 49 heavy (non-hydrogen) atoms. The van der Waals surface area contributed by atoms with Crippen LogP contribution in [0.3, 0.4) is 0 Å². The van der Waals surface area contributed by atoms with Crippen molar-refractivity contribution in [3.63, 3.8) is 0 Å². The zero-order chi connectivity index (χ0) is 32.6. The molecule has 7 aromatic carbocycles. The monoisotopic (exact) mass is 641 g/mol. The van der Waals surface area contributed by atoms with Crippen molar-refractivity contribution in [3.05, 3.63) is 188 Å². The van der Waals surface area contributed by atoms with E-state index in [0.29, 0.717) is 17.5 Å². The van der Waals surface area contributed by atoms with Crippen molar-refractivity contribution < 1.29 is 0 Å². The molecule has 2 heterocycles. The number of rotatable bonds is 6. The fourth-order valence-electron chi connectivity index (χ4n) is 7.47. The molecular weight excluding hydrogens is 611 g/mol. The van der Waals surface area contributed by atoms with Crippen LogP contribution in [0.5, 0.6) is 0 Å². The highest BCUT2D eigenvalue weighted by Gasteiger charge is 2.48. The van der Waals surface area contributed by atoms with E-state index in [2.05, 4.69) is 164 Å². The van der Waals surface area contributed by atoms with Gasteiger partial charge in [-0.15, -0.1) is 0 Å². The zero-order valence-corrected chi connectivity index (χ0v) is 27.7. The Labute approximate surface area is 287 Å². The van der Waals surface area contributed by atoms with Crippen LogP contribution in [0.1, 0.15) is 0 Å². The van der Waals surface area contributed by atoms with E-state index >= 15 is 0 Å². The summed E-state index contributed by atoms with van der Waals surface area (Å²) in [5.41, 5.74) is 7.71. The Morgan fingerprint density at radius 3 is 1.37 bits per heavy atom. The maximum Gasteiger partial charge on any atom is 0.180 e. The topological polar surface area (TPSA) is 38.7 Å². The molecule has 3 nitrogen and oxygen atoms in total. The summed E-state index contributed by atoms with van der Waals surface area (Å²) in [6, 6.07) is 67.0. The maximum absolute atomic E-state index is 5.25. The molecule has 1 aromatic heterocycles. The second-order valence-electron chi connectivity index (χ2n) is 12.4. The molecular formula is C45H31N3Si. The number of aromatic nitrogens is 3. The van der Waals surface area contributed by atoms with E-state index < -0.39 is 8.07 Å². The summed E-state index contributed by atoms with van der Waals surface area (Å²) in [6.07, 6.45) is 0. The molecule has 0 bridgehead atoms. The number of benzene rings is 7. The molecule has 0 N–H and O–H groups in total. The first kappa shape index (κ1) is 28.9. The molecule has 9 rings (SSSR count). The summed E-state index contributed by atoms with van der Waals surface area (Å²) < 4.78 is 0. The van der Waals surface area contributed by atoms with Crippen LogP contribution in [0.15, 0.2) is 188 Å². The van der Waals surface area contributed by atoms with E-state index in [9.17, 15) is 0 Å². The number of fused-ring (bicyclic) bond motifs is 3. The lowest BCUT2D eigenvalue weighted by atomic mass is 9.99. The van der Waals surface area contributed by atoms with Gasteiger partial charge in [-0.25, -0.2) is 15.0 Å². The number of hydrogen-bond acceptors (Lipinski definition) is 3. The summed E-state index contributed by atoms with van der Waals surface area (Å²) >= 11 is 0. The summed E-state index contributed by atoms with van der Waals surface area (Å²) in [4.78, 5) is 15.5. The van der Waals surface area contributed by atoms with Crippen LogP contribution in [0.25, 0.3) is 56.4 Å². The highest BCUT2D eigenvalue weighted by Crippen LogP contribution is 2.34. The second kappa shape index (κ2) is 12.1.